The van der Waals surface area contributed by atoms with Crippen LogP contribution in [0.15, 0.2) is 28.7 Å². The molecule has 1 aromatic rings. The van der Waals surface area contributed by atoms with E-state index in [9.17, 15) is 4.39 Å². The molecule has 66 valence electrons. The van der Waals surface area contributed by atoms with Gasteiger partial charge in [-0.2, -0.15) is 0 Å². The van der Waals surface area contributed by atoms with Crippen LogP contribution in [-0.2, 0) is 0 Å². The van der Waals surface area contributed by atoms with Gasteiger partial charge in [-0.1, -0.05) is 34.1 Å². The van der Waals surface area contributed by atoms with Crippen LogP contribution in [0.2, 0.25) is 0 Å². The lowest BCUT2D eigenvalue weighted by molar-refractivity contribution is 0.326. The molecule has 0 aromatic heterocycles. The third-order valence-electron chi connectivity index (χ3n) is 1.66. The highest BCUT2D eigenvalue weighted by molar-refractivity contribution is 9.10. The van der Waals surface area contributed by atoms with Crippen molar-refractivity contribution in [3.05, 3.63) is 34.3 Å². The van der Waals surface area contributed by atoms with Gasteiger partial charge in [0.05, 0.1) is 0 Å². The Morgan fingerprint density at radius 2 is 2.08 bits per heavy atom. The van der Waals surface area contributed by atoms with Gasteiger partial charge in [0.1, 0.15) is 6.17 Å². The molecule has 2 N–H and O–H groups in total. The third-order valence-corrected chi connectivity index (χ3v) is 2.38. The molecule has 0 spiro atoms. The molecule has 1 unspecified atom stereocenters. The SMILES string of the molecule is NCCC(F)c1ccccc1Br. The average Bonchev–Trinajstić information content (AvgIpc) is 2.05. The molecule has 1 nitrogen and oxygen atoms in total. The minimum absolute atomic E-state index is 0.377. The molecule has 0 radical (unpaired) electrons. The second-order valence-corrected chi connectivity index (χ2v) is 3.42. The number of alkyl halides is 1. The average molecular weight is 232 g/mol. The van der Waals surface area contributed by atoms with Crippen molar-refractivity contribution in [1.29, 1.82) is 0 Å². The van der Waals surface area contributed by atoms with Gasteiger partial charge in [-0.3, -0.25) is 0 Å². The molecule has 0 aliphatic heterocycles. The number of benzene rings is 1. The van der Waals surface area contributed by atoms with Crippen molar-refractivity contribution in [3.63, 3.8) is 0 Å². The molecule has 0 heterocycles. The topological polar surface area (TPSA) is 26.0 Å². The first kappa shape index (κ1) is 9.68. The largest absolute Gasteiger partial charge is 0.330 e. The number of nitrogens with two attached hydrogens (primary N) is 1. The van der Waals surface area contributed by atoms with Crippen molar-refractivity contribution in [1.82, 2.24) is 0 Å². The summed E-state index contributed by atoms with van der Waals surface area (Å²) in [6.45, 7) is 0.377. The Hall–Kier alpha value is -0.410. The fourth-order valence-electron chi connectivity index (χ4n) is 1.03. The van der Waals surface area contributed by atoms with Gasteiger partial charge in [0, 0.05) is 10.0 Å². The van der Waals surface area contributed by atoms with E-state index < -0.39 is 6.17 Å². The first-order valence-electron chi connectivity index (χ1n) is 3.84. The first-order valence-corrected chi connectivity index (χ1v) is 4.63. The van der Waals surface area contributed by atoms with Gasteiger partial charge >= 0.3 is 0 Å². The highest BCUT2D eigenvalue weighted by Gasteiger charge is 2.10. The summed E-state index contributed by atoms with van der Waals surface area (Å²) in [6.07, 6.45) is -0.576. The minimum atomic E-state index is -0.953. The third kappa shape index (κ3) is 2.29. The lowest BCUT2D eigenvalue weighted by Crippen LogP contribution is -2.03. The van der Waals surface area contributed by atoms with Crippen molar-refractivity contribution in [3.8, 4) is 0 Å². The fourth-order valence-corrected chi connectivity index (χ4v) is 1.56. The van der Waals surface area contributed by atoms with Gasteiger partial charge in [-0.15, -0.1) is 0 Å². The lowest BCUT2D eigenvalue weighted by Gasteiger charge is -2.08. The Morgan fingerprint density at radius 1 is 1.42 bits per heavy atom. The molecule has 1 atom stereocenters. The number of rotatable bonds is 3. The van der Waals surface area contributed by atoms with Crippen molar-refractivity contribution < 1.29 is 4.39 Å². The van der Waals surface area contributed by atoms with Crippen LogP contribution in [0.25, 0.3) is 0 Å². The predicted molar refractivity (Wildman–Crippen MR) is 51.7 cm³/mol. The number of hydrogen-bond acceptors (Lipinski definition) is 1. The molecular formula is C9H11BrFN. The molecule has 12 heavy (non-hydrogen) atoms. The Kier molecular flexibility index (Phi) is 3.69. The molecule has 0 fully saturated rings. The van der Waals surface area contributed by atoms with Gasteiger partial charge < -0.3 is 5.73 Å². The van der Waals surface area contributed by atoms with Crippen molar-refractivity contribution in [2.45, 2.75) is 12.6 Å². The van der Waals surface area contributed by atoms with Crippen LogP contribution in [0.3, 0.4) is 0 Å². The summed E-state index contributed by atoms with van der Waals surface area (Å²) in [4.78, 5) is 0. The van der Waals surface area contributed by atoms with Crippen LogP contribution in [0.1, 0.15) is 18.2 Å². The standard InChI is InChI=1S/C9H11BrFN/c10-8-4-2-1-3-7(8)9(11)5-6-12/h1-4,9H,5-6,12H2. The quantitative estimate of drug-likeness (QED) is 0.851. The monoisotopic (exact) mass is 231 g/mol. The van der Waals surface area contributed by atoms with Crippen LogP contribution in [0.4, 0.5) is 4.39 Å². The Labute approximate surface area is 79.9 Å². The predicted octanol–water partition coefficient (Wildman–Crippen LogP) is 2.81. The van der Waals surface area contributed by atoms with Crippen LogP contribution in [0, 0.1) is 0 Å². The van der Waals surface area contributed by atoms with E-state index in [4.69, 9.17) is 5.73 Å². The normalized spacial score (nSPS) is 12.9. The van der Waals surface area contributed by atoms with Crippen LogP contribution >= 0.6 is 15.9 Å². The molecule has 1 rings (SSSR count). The number of hydrogen-bond donors (Lipinski definition) is 1. The Morgan fingerprint density at radius 3 is 2.67 bits per heavy atom. The van der Waals surface area contributed by atoms with E-state index in [0.29, 0.717) is 18.5 Å². The van der Waals surface area contributed by atoms with E-state index in [1.54, 1.807) is 6.07 Å². The zero-order valence-electron chi connectivity index (χ0n) is 6.63. The molecule has 0 saturated carbocycles. The second kappa shape index (κ2) is 4.58. The highest BCUT2D eigenvalue weighted by atomic mass is 79.9. The van der Waals surface area contributed by atoms with Crippen LogP contribution < -0.4 is 5.73 Å². The lowest BCUT2D eigenvalue weighted by atomic mass is 10.1. The van der Waals surface area contributed by atoms with Gasteiger partial charge in [-0.25, -0.2) is 4.39 Å². The maximum Gasteiger partial charge on any atom is 0.127 e. The first-order chi connectivity index (χ1) is 5.75. The Bertz CT molecular complexity index is 252. The minimum Gasteiger partial charge on any atom is -0.330 e. The van der Waals surface area contributed by atoms with Crippen molar-refractivity contribution in [2.75, 3.05) is 6.54 Å². The summed E-state index contributed by atoms with van der Waals surface area (Å²) in [5, 5.41) is 0. The van der Waals surface area contributed by atoms with Crippen LogP contribution in [-0.4, -0.2) is 6.54 Å². The van der Waals surface area contributed by atoms with Gasteiger partial charge in [0.15, 0.2) is 0 Å². The molecule has 0 bridgehead atoms. The van der Waals surface area contributed by atoms with E-state index in [1.165, 1.54) is 0 Å². The van der Waals surface area contributed by atoms with E-state index in [1.807, 2.05) is 18.2 Å². The zero-order chi connectivity index (χ0) is 8.97. The summed E-state index contributed by atoms with van der Waals surface area (Å²) in [7, 11) is 0. The van der Waals surface area contributed by atoms with Gasteiger partial charge in [0.2, 0.25) is 0 Å². The summed E-state index contributed by atoms with van der Waals surface area (Å²) >= 11 is 3.29. The number of halogens is 2. The summed E-state index contributed by atoms with van der Waals surface area (Å²) in [6, 6.07) is 7.29. The maximum absolute atomic E-state index is 13.3. The van der Waals surface area contributed by atoms with Crippen molar-refractivity contribution >= 4 is 15.9 Å². The van der Waals surface area contributed by atoms with Gasteiger partial charge in [-0.05, 0) is 19.0 Å². The molecule has 1 aromatic carbocycles. The summed E-state index contributed by atoms with van der Waals surface area (Å²) in [5.74, 6) is 0. The van der Waals surface area contributed by atoms with E-state index in [0.717, 1.165) is 4.47 Å². The second-order valence-electron chi connectivity index (χ2n) is 2.57. The van der Waals surface area contributed by atoms with E-state index >= 15 is 0 Å². The summed E-state index contributed by atoms with van der Waals surface area (Å²) < 4.78 is 14.1. The van der Waals surface area contributed by atoms with E-state index in [-0.39, 0.29) is 0 Å². The molecule has 0 saturated heterocycles. The van der Waals surface area contributed by atoms with Crippen molar-refractivity contribution in [2.24, 2.45) is 5.73 Å². The Balaban J connectivity index is 2.79. The molecule has 0 aliphatic carbocycles. The molecule has 0 amide bonds. The fraction of sp³-hybridized carbons (Fsp3) is 0.333. The smallest absolute Gasteiger partial charge is 0.127 e. The summed E-state index contributed by atoms with van der Waals surface area (Å²) in [5.41, 5.74) is 5.94. The van der Waals surface area contributed by atoms with Crippen LogP contribution in [0.5, 0.6) is 0 Å². The molecule has 0 aliphatic rings. The van der Waals surface area contributed by atoms with E-state index in [2.05, 4.69) is 15.9 Å². The zero-order valence-corrected chi connectivity index (χ0v) is 8.22. The van der Waals surface area contributed by atoms with Gasteiger partial charge in [0.25, 0.3) is 0 Å². The maximum atomic E-state index is 13.3. The molecule has 3 heteroatoms. The molecular weight excluding hydrogens is 221 g/mol. The highest BCUT2D eigenvalue weighted by Crippen LogP contribution is 2.27.